The number of oxazole rings is 1. The fourth-order valence-electron chi connectivity index (χ4n) is 1.37. The van der Waals surface area contributed by atoms with Crippen molar-refractivity contribution in [3.63, 3.8) is 0 Å². The van der Waals surface area contributed by atoms with Crippen molar-refractivity contribution < 1.29 is 9.15 Å². The van der Waals surface area contributed by atoms with E-state index in [2.05, 4.69) is 36.8 Å². The molecule has 2 aromatic rings. The first kappa shape index (κ1) is 15.2. The topological polar surface area (TPSA) is 38.2 Å². The largest absolute Gasteiger partial charge is 0.479 e. The molecule has 7 heteroatoms. The smallest absolute Gasteiger partial charge is 0.266 e. The summed E-state index contributed by atoms with van der Waals surface area (Å²) in [5, 5.41) is 0. The van der Waals surface area contributed by atoms with Gasteiger partial charge in [0.25, 0.3) is 4.84 Å². The molecule has 0 saturated heterocycles. The summed E-state index contributed by atoms with van der Waals surface area (Å²) in [5.41, 5.74) is 0.0103. The lowest BCUT2D eigenvalue weighted by molar-refractivity contribution is 0.305. The van der Waals surface area contributed by atoms with Gasteiger partial charge in [0.05, 0.1) is 10.2 Å². The Kier molecular flexibility index (Phi) is 5.56. The Morgan fingerprint density at radius 2 is 2.26 bits per heavy atom. The van der Waals surface area contributed by atoms with Crippen LogP contribution in [0.25, 0.3) is 0 Å². The molecule has 0 radical (unpaired) electrons. The Labute approximate surface area is 137 Å². The molecule has 19 heavy (non-hydrogen) atoms. The molecule has 3 nitrogen and oxygen atoms in total. The van der Waals surface area contributed by atoms with E-state index in [1.54, 1.807) is 18.0 Å². The van der Waals surface area contributed by atoms with Crippen molar-refractivity contribution in [3.8, 4) is 5.75 Å². The standard InChI is InChI=1S/C12H11Br2NO2S2/c1-7(19-6-9-5-15-12(18)17-9)16-11-3-2-8(13)4-10(11)14/h2-5,7H,6H2,1H3,(H,15,18). The van der Waals surface area contributed by atoms with Crippen molar-refractivity contribution in [2.45, 2.75) is 18.1 Å². The van der Waals surface area contributed by atoms with Gasteiger partial charge in [-0.2, -0.15) is 0 Å². The third-order valence-corrected chi connectivity index (χ3v) is 4.55. The molecule has 0 fully saturated rings. The zero-order valence-electron chi connectivity index (χ0n) is 9.98. The highest BCUT2D eigenvalue weighted by Gasteiger charge is 2.09. The summed E-state index contributed by atoms with van der Waals surface area (Å²) in [7, 11) is 0. The minimum atomic E-state index is 0.0103. The van der Waals surface area contributed by atoms with E-state index < -0.39 is 0 Å². The van der Waals surface area contributed by atoms with Gasteiger partial charge in [0.15, 0.2) is 0 Å². The Balaban J connectivity index is 1.90. The third kappa shape index (κ3) is 4.66. The van der Waals surface area contributed by atoms with Gasteiger partial charge in [-0.15, -0.1) is 11.8 Å². The molecule has 1 aromatic heterocycles. The van der Waals surface area contributed by atoms with Gasteiger partial charge in [-0.25, -0.2) is 0 Å². The summed E-state index contributed by atoms with van der Waals surface area (Å²) in [4.78, 5) is 3.24. The number of hydrogen-bond donors (Lipinski definition) is 1. The Bertz CT molecular complexity index is 612. The monoisotopic (exact) mass is 423 g/mol. The molecule has 0 amide bonds. The Morgan fingerprint density at radius 3 is 2.89 bits per heavy atom. The highest BCUT2D eigenvalue weighted by atomic mass is 79.9. The van der Waals surface area contributed by atoms with E-state index in [9.17, 15) is 0 Å². The number of halogens is 2. The molecular weight excluding hydrogens is 414 g/mol. The van der Waals surface area contributed by atoms with Gasteiger partial charge in [0.2, 0.25) is 0 Å². The van der Waals surface area contributed by atoms with Crippen LogP contribution in [0, 0.1) is 4.84 Å². The van der Waals surface area contributed by atoms with Crippen molar-refractivity contribution in [1.82, 2.24) is 4.98 Å². The predicted molar refractivity (Wildman–Crippen MR) is 87.1 cm³/mol. The highest BCUT2D eigenvalue weighted by molar-refractivity contribution is 9.11. The maximum atomic E-state index is 5.85. The van der Waals surface area contributed by atoms with Crippen LogP contribution in [0.5, 0.6) is 5.75 Å². The molecule has 0 bridgehead atoms. The van der Waals surface area contributed by atoms with E-state index in [0.29, 0.717) is 10.6 Å². The molecule has 1 heterocycles. The lowest BCUT2D eigenvalue weighted by atomic mass is 10.3. The summed E-state index contributed by atoms with van der Waals surface area (Å²) in [6.07, 6.45) is 1.78. The second-order valence-electron chi connectivity index (χ2n) is 3.72. The van der Waals surface area contributed by atoms with Crippen LogP contribution < -0.4 is 4.74 Å². The number of rotatable bonds is 5. The first-order chi connectivity index (χ1) is 9.04. The minimum absolute atomic E-state index is 0.0103. The lowest BCUT2D eigenvalue weighted by Crippen LogP contribution is -2.07. The Morgan fingerprint density at radius 1 is 1.47 bits per heavy atom. The zero-order valence-corrected chi connectivity index (χ0v) is 14.8. The normalized spacial score (nSPS) is 12.4. The van der Waals surface area contributed by atoms with E-state index >= 15 is 0 Å². The number of aromatic nitrogens is 1. The molecule has 2 rings (SSSR count). The second kappa shape index (κ2) is 6.97. The van der Waals surface area contributed by atoms with Crippen LogP contribution in [0.15, 0.2) is 37.8 Å². The molecule has 1 atom stereocenters. The maximum Gasteiger partial charge on any atom is 0.266 e. The number of thioether (sulfide) groups is 1. The number of ether oxygens (including phenoxy) is 1. The van der Waals surface area contributed by atoms with Gasteiger partial charge in [-0.3, -0.25) is 0 Å². The van der Waals surface area contributed by atoms with Crippen LogP contribution in [0.3, 0.4) is 0 Å². The first-order valence-electron chi connectivity index (χ1n) is 5.45. The number of benzene rings is 1. The van der Waals surface area contributed by atoms with Crippen molar-refractivity contribution in [2.24, 2.45) is 0 Å². The average molecular weight is 425 g/mol. The van der Waals surface area contributed by atoms with Crippen molar-refractivity contribution >= 4 is 55.8 Å². The fourth-order valence-corrected chi connectivity index (χ4v) is 3.39. The molecule has 0 spiro atoms. The maximum absolute atomic E-state index is 5.85. The van der Waals surface area contributed by atoms with Gasteiger partial charge in [-0.05, 0) is 53.3 Å². The summed E-state index contributed by atoms with van der Waals surface area (Å²) in [5.74, 6) is 2.35. The SMILES string of the molecule is CC(Oc1ccc(Br)cc1Br)SCc1c[nH]c(=S)o1. The van der Waals surface area contributed by atoms with Crippen molar-refractivity contribution in [1.29, 1.82) is 0 Å². The van der Waals surface area contributed by atoms with Gasteiger partial charge >= 0.3 is 0 Å². The fraction of sp³-hybridized carbons (Fsp3) is 0.250. The van der Waals surface area contributed by atoms with Crippen LogP contribution in [0.1, 0.15) is 12.7 Å². The molecule has 0 aliphatic rings. The van der Waals surface area contributed by atoms with E-state index in [0.717, 1.165) is 20.5 Å². The summed E-state index contributed by atoms with van der Waals surface area (Å²) in [6.45, 7) is 2.00. The van der Waals surface area contributed by atoms with Gasteiger partial charge in [0, 0.05) is 10.7 Å². The molecule has 0 aliphatic heterocycles. The summed E-state index contributed by atoms with van der Waals surface area (Å²) < 4.78 is 13.1. The van der Waals surface area contributed by atoms with E-state index in [1.807, 2.05) is 25.1 Å². The molecule has 1 aromatic carbocycles. The quantitative estimate of drug-likeness (QED) is 0.506. The average Bonchev–Trinajstić information content (AvgIpc) is 2.76. The van der Waals surface area contributed by atoms with E-state index in [-0.39, 0.29) is 5.44 Å². The molecule has 0 aliphatic carbocycles. The molecular formula is C12H11Br2NO2S2. The van der Waals surface area contributed by atoms with Crippen LogP contribution >= 0.6 is 55.8 Å². The second-order valence-corrected chi connectivity index (χ2v) is 7.14. The highest BCUT2D eigenvalue weighted by Crippen LogP contribution is 2.31. The number of H-pyrrole nitrogens is 1. The summed E-state index contributed by atoms with van der Waals surface area (Å²) in [6, 6.07) is 5.83. The van der Waals surface area contributed by atoms with Gasteiger partial charge < -0.3 is 14.1 Å². The van der Waals surface area contributed by atoms with Crippen molar-refractivity contribution in [3.05, 3.63) is 43.9 Å². The number of hydrogen-bond acceptors (Lipinski definition) is 4. The minimum Gasteiger partial charge on any atom is -0.479 e. The number of nitrogens with one attached hydrogen (secondary N) is 1. The Hall–Kier alpha value is -0.240. The summed E-state index contributed by atoms with van der Waals surface area (Å²) >= 11 is 13.4. The van der Waals surface area contributed by atoms with E-state index in [1.165, 1.54) is 0 Å². The first-order valence-corrected chi connectivity index (χ1v) is 8.49. The van der Waals surface area contributed by atoms with Crippen LogP contribution in [-0.4, -0.2) is 10.4 Å². The molecule has 102 valence electrons. The zero-order chi connectivity index (χ0) is 13.8. The number of aromatic amines is 1. The third-order valence-electron chi connectivity index (χ3n) is 2.22. The van der Waals surface area contributed by atoms with Crippen LogP contribution in [0.2, 0.25) is 0 Å². The molecule has 0 saturated carbocycles. The lowest BCUT2D eigenvalue weighted by Gasteiger charge is -2.14. The van der Waals surface area contributed by atoms with E-state index in [4.69, 9.17) is 21.4 Å². The molecule has 1 N–H and O–H groups in total. The van der Waals surface area contributed by atoms with Crippen LogP contribution in [-0.2, 0) is 5.75 Å². The predicted octanol–water partition coefficient (Wildman–Crippen LogP) is 5.52. The van der Waals surface area contributed by atoms with Crippen LogP contribution in [0.4, 0.5) is 0 Å². The van der Waals surface area contributed by atoms with Gasteiger partial charge in [-0.1, -0.05) is 15.9 Å². The van der Waals surface area contributed by atoms with Gasteiger partial charge in [0.1, 0.15) is 16.9 Å². The van der Waals surface area contributed by atoms with Crippen molar-refractivity contribution in [2.75, 3.05) is 0 Å². The molecule has 1 unspecified atom stereocenters.